The first-order valence-electron chi connectivity index (χ1n) is 7.31. The monoisotopic (exact) mass is 285 g/mol. The van der Waals surface area contributed by atoms with E-state index in [4.69, 9.17) is 4.98 Å². The zero-order valence-electron chi connectivity index (χ0n) is 12.5. The zero-order chi connectivity index (χ0) is 15.1. The topological polar surface area (TPSA) is 38.7 Å². The molecule has 4 rings (SSSR count). The highest BCUT2D eigenvalue weighted by molar-refractivity contribution is 6.05. The molecule has 0 radical (unpaired) electrons. The lowest BCUT2D eigenvalue weighted by molar-refractivity contribution is 1.26. The number of hydrogen-bond acceptors (Lipinski definition) is 3. The first kappa shape index (κ1) is 12.9. The first-order valence-corrected chi connectivity index (χ1v) is 7.31. The maximum absolute atomic E-state index is 4.85. The summed E-state index contributed by atoms with van der Waals surface area (Å²) in [4.78, 5) is 13.8. The van der Waals surface area contributed by atoms with Gasteiger partial charge in [0.2, 0.25) is 0 Å². The summed E-state index contributed by atoms with van der Waals surface area (Å²) in [5.41, 5.74) is 6.09. The lowest BCUT2D eigenvalue weighted by atomic mass is 10.0. The number of nitrogens with zero attached hydrogens (tertiary/aromatic N) is 3. The van der Waals surface area contributed by atoms with E-state index >= 15 is 0 Å². The summed E-state index contributed by atoms with van der Waals surface area (Å²) in [5, 5.41) is 2.30. The van der Waals surface area contributed by atoms with E-state index in [2.05, 4.69) is 42.0 Å². The Balaban J connectivity index is 2.11. The van der Waals surface area contributed by atoms with Crippen LogP contribution in [0.1, 0.15) is 11.1 Å². The Kier molecular flexibility index (Phi) is 2.86. The fourth-order valence-electron chi connectivity index (χ4n) is 2.85. The van der Waals surface area contributed by atoms with Crippen LogP contribution in [0.25, 0.3) is 33.2 Å². The highest BCUT2D eigenvalue weighted by Gasteiger charge is 2.10. The van der Waals surface area contributed by atoms with Crippen molar-refractivity contribution in [3.8, 4) is 11.4 Å². The van der Waals surface area contributed by atoms with Gasteiger partial charge in [0.05, 0.1) is 22.4 Å². The summed E-state index contributed by atoms with van der Waals surface area (Å²) in [7, 11) is 0. The van der Waals surface area contributed by atoms with Crippen LogP contribution in [-0.2, 0) is 0 Å². The normalized spacial score (nSPS) is 11.2. The Bertz CT molecular complexity index is 992. The van der Waals surface area contributed by atoms with E-state index in [1.807, 2.05) is 30.5 Å². The summed E-state index contributed by atoms with van der Waals surface area (Å²) < 4.78 is 0. The van der Waals surface area contributed by atoms with Crippen LogP contribution in [0.3, 0.4) is 0 Å². The van der Waals surface area contributed by atoms with Crippen LogP contribution in [0, 0.1) is 13.8 Å². The second kappa shape index (κ2) is 4.88. The number of aromatic nitrogens is 3. The molecule has 0 saturated carbocycles. The third-order valence-electron chi connectivity index (χ3n) is 4.04. The van der Waals surface area contributed by atoms with Crippen LogP contribution in [0.15, 0.2) is 54.9 Å². The minimum atomic E-state index is 0.886. The van der Waals surface area contributed by atoms with Gasteiger partial charge in [0.15, 0.2) is 0 Å². The molecule has 0 unspecified atom stereocenters. The maximum atomic E-state index is 4.85. The quantitative estimate of drug-likeness (QED) is 0.485. The average Bonchev–Trinajstić information content (AvgIpc) is 2.56. The van der Waals surface area contributed by atoms with E-state index in [0.29, 0.717) is 0 Å². The Morgan fingerprint density at radius 1 is 0.682 bits per heavy atom. The van der Waals surface area contributed by atoms with E-state index < -0.39 is 0 Å². The van der Waals surface area contributed by atoms with Crippen molar-refractivity contribution in [1.29, 1.82) is 0 Å². The van der Waals surface area contributed by atoms with Crippen LogP contribution in [0.2, 0.25) is 0 Å². The molecule has 0 aliphatic heterocycles. The molecule has 0 fully saturated rings. The largest absolute Gasteiger partial charge is 0.255 e. The SMILES string of the molecule is Cc1ccnc2c1ccc1c(C)cc(-c3ccccn3)nc12. The van der Waals surface area contributed by atoms with Gasteiger partial charge in [-0.15, -0.1) is 0 Å². The lowest BCUT2D eigenvalue weighted by Crippen LogP contribution is -1.93. The van der Waals surface area contributed by atoms with Crippen molar-refractivity contribution in [3.05, 3.63) is 66.0 Å². The molecule has 22 heavy (non-hydrogen) atoms. The Labute approximate surface area is 128 Å². The van der Waals surface area contributed by atoms with Gasteiger partial charge in [0.1, 0.15) is 0 Å². The number of rotatable bonds is 1. The first-order chi connectivity index (χ1) is 10.7. The molecule has 3 aromatic heterocycles. The summed E-state index contributed by atoms with van der Waals surface area (Å²) in [6.07, 6.45) is 3.64. The molecule has 106 valence electrons. The number of pyridine rings is 3. The molecule has 0 atom stereocenters. The van der Waals surface area contributed by atoms with Crippen molar-refractivity contribution in [2.24, 2.45) is 0 Å². The smallest absolute Gasteiger partial charge is 0.0975 e. The van der Waals surface area contributed by atoms with Crippen molar-refractivity contribution in [2.45, 2.75) is 13.8 Å². The van der Waals surface area contributed by atoms with E-state index in [1.54, 1.807) is 6.20 Å². The number of benzene rings is 1. The molecule has 3 heteroatoms. The van der Waals surface area contributed by atoms with Gasteiger partial charge in [0, 0.05) is 23.2 Å². The molecule has 0 saturated heterocycles. The van der Waals surface area contributed by atoms with Gasteiger partial charge in [-0.05, 0) is 49.2 Å². The molecule has 3 nitrogen and oxygen atoms in total. The molecule has 0 bridgehead atoms. The summed E-state index contributed by atoms with van der Waals surface area (Å²) >= 11 is 0. The van der Waals surface area contributed by atoms with E-state index in [-0.39, 0.29) is 0 Å². The third-order valence-corrected chi connectivity index (χ3v) is 4.04. The fraction of sp³-hybridized carbons (Fsp3) is 0.105. The van der Waals surface area contributed by atoms with E-state index in [1.165, 1.54) is 11.1 Å². The van der Waals surface area contributed by atoms with Gasteiger partial charge in [0.25, 0.3) is 0 Å². The molecule has 0 amide bonds. The van der Waals surface area contributed by atoms with Crippen LogP contribution in [-0.4, -0.2) is 15.0 Å². The Morgan fingerprint density at radius 2 is 1.50 bits per heavy atom. The van der Waals surface area contributed by atoms with Crippen molar-refractivity contribution in [3.63, 3.8) is 0 Å². The van der Waals surface area contributed by atoms with Crippen molar-refractivity contribution >= 4 is 21.8 Å². The van der Waals surface area contributed by atoms with Crippen LogP contribution < -0.4 is 0 Å². The molecule has 4 aromatic rings. The minimum Gasteiger partial charge on any atom is -0.255 e. The average molecular weight is 285 g/mol. The predicted octanol–water partition coefficient (Wildman–Crippen LogP) is 4.46. The molecular formula is C19H15N3. The highest BCUT2D eigenvalue weighted by Crippen LogP contribution is 2.29. The molecule has 0 N–H and O–H groups in total. The molecule has 3 heterocycles. The van der Waals surface area contributed by atoms with Crippen LogP contribution in [0.5, 0.6) is 0 Å². The third kappa shape index (κ3) is 1.94. The van der Waals surface area contributed by atoms with Gasteiger partial charge in [-0.2, -0.15) is 0 Å². The zero-order valence-corrected chi connectivity index (χ0v) is 12.5. The lowest BCUT2D eigenvalue weighted by Gasteiger charge is -2.09. The number of fused-ring (bicyclic) bond motifs is 3. The summed E-state index contributed by atoms with van der Waals surface area (Å²) in [6.45, 7) is 4.21. The molecule has 1 aromatic carbocycles. The second-order valence-electron chi connectivity index (χ2n) is 5.53. The summed E-state index contributed by atoms with van der Waals surface area (Å²) in [5.74, 6) is 0. The number of hydrogen-bond donors (Lipinski definition) is 0. The van der Waals surface area contributed by atoms with E-state index in [9.17, 15) is 0 Å². The second-order valence-corrected chi connectivity index (χ2v) is 5.53. The molecule has 0 aliphatic rings. The Morgan fingerprint density at radius 3 is 2.27 bits per heavy atom. The highest BCUT2D eigenvalue weighted by atomic mass is 14.8. The van der Waals surface area contributed by atoms with Crippen molar-refractivity contribution in [2.75, 3.05) is 0 Å². The van der Waals surface area contributed by atoms with Crippen molar-refractivity contribution in [1.82, 2.24) is 15.0 Å². The summed E-state index contributed by atoms with van der Waals surface area (Å²) in [6, 6.07) is 14.3. The van der Waals surface area contributed by atoms with Crippen LogP contribution in [0.4, 0.5) is 0 Å². The van der Waals surface area contributed by atoms with Gasteiger partial charge < -0.3 is 0 Å². The predicted molar refractivity (Wildman–Crippen MR) is 89.7 cm³/mol. The van der Waals surface area contributed by atoms with Gasteiger partial charge in [-0.1, -0.05) is 18.2 Å². The molecular weight excluding hydrogens is 270 g/mol. The molecule has 0 aliphatic carbocycles. The van der Waals surface area contributed by atoms with Gasteiger partial charge in [-0.25, -0.2) is 4.98 Å². The maximum Gasteiger partial charge on any atom is 0.0975 e. The van der Waals surface area contributed by atoms with Gasteiger partial charge in [-0.3, -0.25) is 9.97 Å². The fourth-order valence-corrected chi connectivity index (χ4v) is 2.85. The van der Waals surface area contributed by atoms with E-state index in [0.717, 1.165) is 33.2 Å². The molecule has 0 spiro atoms. The standard InChI is InChI=1S/C19H15N3/c1-12-8-10-21-18-14(12)6-7-15-13(2)11-17(22-19(15)18)16-5-3-4-9-20-16/h3-11H,1-2H3. The number of aryl methyl sites for hydroxylation is 2. The van der Waals surface area contributed by atoms with Crippen molar-refractivity contribution < 1.29 is 0 Å². The van der Waals surface area contributed by atoms with Crippen LogP contribution >= 0.6 is 0 Å². The minimum absolute atomic E-state index is 0.886. The van der Waals surface area contributed by atoms with Gasteiger partial charge >= 0.3 is 0 Å². The Hall–Kier alpha value is -2.81.